The molecule has 0 fully saturated rings. The minimum absolute atomic E-state index is 0.299. The maximum Gasteiger partial charge on any atom is 0.0678 e. The lowest BCUT2D eigenvalue weighted by Crippen LogP contribution is -2.09. The summed E-state index contributed by atoms with van der Waals surface area (Å²) in [6, 6.07) is 7.63. The van der Waals surface area contributed by atoms with Crippen LogP contribution in [0.5, 0.6) is 0 Å². The molecule has 3 heteroatoms. The van der Waals surface area contributed by atoms with Crippen LogP contribution < -0.4 is 0 Å². The van der Waals surface area contributed by atoms with Crippen LogP contribution in [-0.4, -0.2) is 17.1 Å². The normalized spacial score (nSPS) is 12.8. The molecule has 13 heavy (non-hydrogen) atoms. The molecule has 1 atom stereocenters. The third kappa shape index (κ3) is 3.99. The predicted octanol–water partition coefficient (Wildman–Crippen LogP) is 2.87. The Kier molecular flexibility index (Phi) is 4.57. The number of benzene rings is 1. The van der Waals surface area contributed by atoms with E-state index >= 15 is 0 Å². The second-order valence-electron chi connectivity index (χ2n) is 2.97. The van der Waals surface area contributed by atoms with Crippen molar-refractivity contribution in [2.24, 2.45) is 0 Å². The Labute approximate surface area is 88.3 Å². The summed E-state index contributed by atoms with van der Waals surface area (Å²) in [5.41, 5.74) is 1.17. The molecular weight excluding hydrogens is 207 g/mol. The minimum atomic E-state index is -0.405. The predicted molar refractivity (Wildman–Crippen MR) is 56.5 cm³/mol. The fraction of sp³-hybridized carbons (Fsp3) is 0.400. The molecular formula is C10H12Cl2O. The Balaban J connectivity index is 2.41. The van der Waals surface area contributed by atoms with Crippen molar-refractivity contribution in [2.45, 2.75) is 18.9 Å². The van der Waals surface area contributed by atoms with Crippen molar-refractivity contribution in [3.8, 4) is 0 Å². The molecule has 0 heterocycles. The fourth-order valence-corrected chi connectivity index (χ4v) is 1.34. The molecule has 0 bridgehead atoms. The van der Waals surface area contributed by atoms with Gasteiger partial charge in [-0.05, 0) is 30.5 Å². The van der Waals surface area contributed by atoms with Gasteiger partial charge in [0.05, 0.1) is 6.10 Å². The van der Waals surface area contributed by atoms with Gasteiger partial charge in [0.1, 0.15) is 0 Å². The van der Waals surface area contributed by atoms with Crippen LogP contribution in [0.1, 0.15) is 12.0 Å². The third-order valence-corrected chi connectivity index (χ3v) is 2.47. The summed E-state index contributed by atoms with van der Waals surface area (Å²) in [5.74, 6) is 0.299. The van der Waals surface area contributed by atoms with E-state index in [1.165, 1.54) is 5.56 Å². The van der Waals surface area contributed by atoms with Gasteiger partial charge in [-0.25, -0.2) is 0 Å². The number of aliphatic hydroxyl groups excluding tert-OH is 1. The van der Waals surface area contributed by atoms with Crippen LogP contribution in [0.3, 0.4) is 0 Å². The van der Waals surface area contributed by atoms with Crippen molar-refractivity contribution in [3.05, 3.63) is 34.9 Å². The van der Waals surface area contributed by atoms with Gasteiger partial charge in [-0.15, -0.1) is 11.6 Å². The number of aliphatic hydroxyl groups is 1. The van der Waals surface area contributed by atoms with Gasteiger partial charge in [0.2, 0.25) is 0 Å². The molecule has 1 nitrogen and oxygen atoms in total. The van der Waals surface area contributed by atoms with Crippen molar-refractivity contribution in [2.75, 3.05) is 5.88 Å². The third-order valence-electron chi connectivity index (χ3n) is 1.86. The molecule has 72 valence electrons. The van der Waals surface area contributed by atoms with E-state index in [0.29, 0.717) is 12.3 Å². The standard InChI is InChI=1S/C10H12Cl2O/c11-7-10(13)6-3-8-1-4-9(12)5-2-8/h1-2,4-5,10,13H,3,6-7H2. The average Bonchev–Trinajstić information content (AvgIpc) is 2.16. The Morgan fingerprint density at radius 2 is 1.85 bits per heavy atom. The van der Waals surface area contributed by atoms with E-state index in [-0.39, 0.29) is 0 Å². The van der Waals surface area contributed by atoms with E-state index in [1.54, 1.807) is 0 Å². The maximum atomic E-state index is 9.22. The minimum Gasteiger partial charge on any atom is -0.392 e. The number of alkyl halides is 1. The van der Waals surface area contributed by atoms with Gasteiger partial charge < -0.3 is 5.11 Å². The molecule has 1 aromatic carbocycles. The van der Waals surface area contributed by atoms with E-state index in [2.05, 4.69) is 0 Å². The van der Waals surface area contributed by atoms with Crippen molar-refractivity contribution >= 4 is 23.2 Å². The van der Waals surface area contributed by atoms with E-state index in [0.717, 1.165) is 11.4 Å². The first-order valence-electron chi connectivity index (χ1n) is 4.21. The largest absolute Gasteiger partial charge is 0.392 e. The molecule has 0 saturated heterocycles. The van der Waals surface area contributed by atoms with Crippen molar-refractivity contribution < 1.29 is 5.11 Å². The summed E-state index contributed by atoms with van der Waals surface area (Å²) in [6.45, 7) is 0. The molecule has 0 aromatic heterocycles. The monoisotopic (exact) mass is 218 g/mol. The van der Waals surface area contributed by atoms with E-state index in [9.17, 15) is 5.11 Å². The number of hydrogen-bond acceptors (Lipinski definition) is 1. The maximum absolute atomic E-state index is 9.22. The Bertz CT molecular complexity index is 246. The van der Waals surface area contributed by atoms with E-state index in [4.69, 9.17) is 23.2 Å². The van der Waals surface area contributed by atoms with Crippen LogP contribution in [0.2, 0.25) is 5.02 Å². The fourth-order valence-electron chi connectivity index (χ4n) is 1.06. The Morgan fingerprint density at radius 1 is 1.23 bits per heavy atom. The zero-order chi connectivity index (χ0) is 9.68. The number of halogens is 2. The van der Waals surface area contributed by atoms with Gasteiger partial charge >= 0.3 is 0 Å². The molecule has 0 aliphatic carbocycles. The molecule has 0 saturated carbocycles. The first kappa shape index (κ1) is 10.8. The highest BCUT2D eigenvalue weighted by molar-refractivity contribution is 6.30. The van der Waals surface area contributed by atoms with Crippen LogP contribution in [-0.2, 0) is 6.42 Å². The first-order chi connectivity index (χ1) is 6.22. The molecule has 0 aliphatic rings. The summed E-state index contributed by atoms with van der Waals surface area (Å²) in [5, 5.41) is 9.95. The van der Waals surface area contributed by atoms with Gasteiger partial charge in [-0.2, -0.15) is 0 Å². The van der Waals surface area contributed by atoms with Crippen molar-refractivity contribution in [1.29, 1.82) is 0 Å². The van der Waals surface area contributed by atoms with Crippen LogP contribution in [0, 0.1) is 0 Å². The summed E-state index contributed by atoms with van der Waals surface area (Å²) in [7, 11) is 0. The zero-order valence-corrected chi connectivity index (χ0v) is 8.72. The highest BCUT2D eigenvalue weighted by Crippen LogP contribution is 2.11. The van der Waals surface area contributed by atoms with Crippen LogP contribution in [0.15, 0.2) is 24.3 Å². The zero-order valence-electron chi connectivity index (χ0n) is 7.21. The van der Waals surface area contributed by atoms with Crippen LogP contribution >= 0.6 is 23.2 Å². The summed E-state index contributed by atoms with van der Waals surface area (Å²) < 4.78 is 0. The highest BCUT2D eigenvalue weighted by atomic mass is 35.5. The van der Waals surface area contributed by atoms with Gasteiger partial charge in [0, 0.05) is 10.9 Å². The lowest BCUT2D eigenvalue weighted by Gasteiger charge is -2.05. The summed E-state index contributed by atoms with van der Waals surface area (Å²) in [6.07, 6.45) is 1.13. The number of hydrogen-bond donors (Lipinski definition) is 1. The number of aryl methyl sites for hydroxylation is 1. The quantitative estimate of drug-likeness (QED) is 0.772. The summed E-state index contributed by atoms with van der Waals surface area (Å²) >= 11 is 11.2. The lowest BCUT2D eigenvalue weighted by molar-refractivity contribution is 0.188. The van der Waals surface area contributed by atoms with Crippen molar-refractivity contribution in [3.63, 3.8) is 0 Å². The van der Waals surface area contributed by atoms with Gasteiger partial charge in [-0.1, -0.05) is 23.7 Å². The number of rotatable bonds is 4. The summed E-state index contributed by atoms with van der Waals surface area (Å²) in [4.78, 5) is 0. The van der Waals surface area contributed by atoms with Crippen LogP contribution in [0.4, 0.5) is 0 Å². The Morgan fingerprint density at radius 3 is 2.38 bits per heavy atom. The second-order valence-corrected chi connectivity index (χ2v) is 3.72. The van der Waals surface area contributed by atoms with Gasteiger partial charge in [0.25, 0.3) is 0 Å². The molecule has 0 spiro atoms. The van der Waals surface area contributed by atoms with Crippen molar-refractivity contribution in [1.82, 2.24) is 0 Å². The SMILES string of the molecule is OC(CCl)CCc1ccc(Cl)cc1. The van der Waals surface area contributed by atoms with E-state index < -0.39 is 6.10 Å². The lowest BCUT2D eigenvalue weighted by atomic mass is 10.1. The molecule has 0 aliphatic heterocycles. The van der Waals surface area contributed by atoms with Crippen LogP contribution in [0.25, 0.3) is 0 Å². The molecule has 1 aromatic rings. The van der Waals surface area contributed by atoms with E-state index in [1.807, 2.05) is 24.3 Å². The topological polar surface area (TPSA) is 20.2 Å². The molecule has 1 unspecified atom stereocenters. The highest BCUT2D eigenvalue weighted by Gasteiger charge is 2.01. The molecule has 1 N–H and O–H groups in total. The average molecular weight is 219 g/mol. The molecule has 0 radical (unpaired) electrons. The van der Waals surface area contributed by atoms with Gasteiger partial charge in [0.15, 0.2) is 0 Å². The first-order valence-corrected chi connectivity index (χ1v) is 5.12. The van der Waals surface area contributed by atoms with Gasteiger partial charge in [-0.3, -0.25) is 0 Å². The molecule has 1 rings (SSSR count). The molecule has 0 amide bonds. The second kappa shape index (κ2) is 5.48. The Hall–Kier alpha value is -0.240. The smallest absolute Gasteiger partial charge is 0.0678 e.